The van der Waals surface area contributed by atoms with Crippen LogP contribution in [0.5, 0.6) is 5.75 Å². The van der Waals surface area contributed by atoms with Gasteiger partial charge in [-0.15, -0.1) is 0 Å². The summed E-state index contributed by atoms with van der Waals surface area (Å²) in [5.41, 5.74) is 0.783. The maximum Gasteiger partial charge on any atom is 0.339 e. The van der Waals surface area contributed by atoms with Gasteiger partial charge in [0.15, 0.2) is 5.75 Å². The van der Waals surface area contributed by atoms with Crippen molar-refractivity contribution < 1.29 is 19.6 Å². The number of carboxylic acid groups (broad SMARTS) is 1. The highest BCUT2D eigenvalue weighted by atomic mass is 16.6. The highest BCUT2D eigenvalue weighted by Crippen LogP contribution is 2.31. The number of nitro benzene ring substituents is 1. The van der Waals surface area contributed by atoms with E-state index in [1.165, 1.54) is 16.9 Å². The molecule has 21 heavy (non-hydrogen) atoms. The van der Waals surface area contributed by atoms with Crippen molar-refractivity contribution in [1.29, 1.82) is 0 Å². The zero-order chi connectivity index (χ0) is 15.6. The summed E-state index contributed by atoms with van der Waals surface area (Å²) in [5.74, 6) is -0.999. The number of rotatable bonds is 5. The van der Waals surface area contributed by atoms with Gasteiger partial charge in [-0.3, -0.25) is 14.8 Å². The quantitative estimate of drug-likeness (QED) is 0.666. The summed E-state index contributed by atoms with van der Waals surface area (Å²) in [7, 11) is 1.58. The number of benzene rings is 1. The molecule has 8 nitrogen and oxygen atoms in total. The lowest BCUT2D eigenvalue weighted by Gasteiger charge is -2.10. The van der Waals surface area contributed by atoms with Crippen LogP contribution in [-0.2, 0) is 13.7 Å². The maximum atomic E-state index is 11.1. The van der Waals surface area contributed by atoms with Crippen LogP contribution in [-0.4, -0.2) is 25.8 Å². The summed E-state index contributed by atoms with van der Waals surface area (Å²) in [5, 5.41) is 23.9. The highest BCUT2D eigenvalue weighted by molar-refractivity contribution is 5.88. The number of aromatic nitrogens is 2. The second-order valence-electron chi connectivity index (χ2n) is 4.40. The molecule has 0 saturated heterocycles. The molecule has 2 aromatic rings. The average Bonchev–Trinajstić information content (AvgIpc) is 2.78. The summed E-state index contributed by atoms with van der Waals surface area (Å²) in [6.45, 7) is 1.56. The van der Waals surface area contributed by atoms with Crippen molar-refractivity contribution >= 4 is 11.7 Å². The van der Waals surface area contributed by atoms with Crippen molar-refractivity contribution in [3.05, 3.63) is 51.3 Å². The normalized spacial score (nSPS) is 10.4. The number of nitrogens with zero attached hydrogens (tertiary/aromatic N) is 3. The van der Waals surface area contributed by atoms with Crippen LogP contribution in [0.15, 0.2) is 24.4 Å². The minimum absolute atomic E-state index is 0.00809. The number of aromatic carboxylic acids is 1. The third-order valence-electron chi connectivity index (χ3n) is 3.03. The first-order valence-electron chi connectivity index (χ1n) is 6.02. The Morgan fingerprint density at radius 2 is 2.24 bits per heavy atom. The average molecular weight is 291 g/mol. The number of hydrogen-bond donors (Lipinski definition) is 1. The van der Waals surface area contributed by atoms with Crippen molar-refractivity contribution in [2.45, 2.75) is 13.5 Å². The van der Waals surface area contributed by atoms with Gasteiger partial charge in [-0.1, -0.05) is 12.1 Å². The lowest BCUT2D eigenvalue weighted by Crippen LogP contribution is -2.09. The molecule has 0 radical (unpaired) electrons. The van der Waals surface area contributed by atoms with Crippen molar-refractivity contribution in [2.75, 3.05) is 0 Å². The lowest BCUT2D eigenvalue weighted by atomic mass is 10.2. The van der Waals surface area contributed by atoms with Crippen molar-refractivity contribution in [2.24, 2.45) is 7.05 Å². The van der Waals surface area contributed by atoms with Gasteiger partial charge in [0.1, 0.15) is 12.2 Å². The molecule has 0 amide bonds. The summed E-state index contributed by atoms with van der Waals surface area (Å²) >= 11 is 0. The minimum atomic E-state index is -1.12. The van der Waals surface area contributed by atoms with Crippen molar-refractivity contribution in [3.63, 3.8) is 0 Å². The van der Waals surface area contributed by atoms with Gasteiger partial charge in [0, 0.05) is 13.1 Å². The van der Waals surface area contributed by atoms with Gasteiger partial charge < -0.3 is 9.84 Å². The Kier molecular flexibility index (Phi) is 3.88. The van der Waals surface area contributed by atoms with E-state index >= 15 is 0 Å². The Labute approximate surface area is 119 Å². The molecule has 0 unspecified atom stereocenters. The van der Waals surface area contributed by atoms with Crippen LogP contribution in [0.4, 0.5) is 5.69 Å². The molecule has 0 atom stereocenters. The molecule has 0 aliphatic heterocycles. The Balaban J connectivity index is 2.31. The monoisotopic (exact) mass is 291 g/mol. The van der Waals surface area contributed by atoms with Crippen LogP contribution in [0.1, 0.15) is 21.6 Å². The number of ether oxygens (including phenoxy) is 1. The second kappa shape index (κ2) is 5.61. The van der Waals surface area contributed by atoms with E-state index in [0.29, 0.717) is 11.3 Å². The summed E-state index contributed by atoms with van der Waals surface area (Å²) in [6.07, 6.45) is 1.22. The van der Waals surface area contributed by atoms with Gasteiger partial charge in [-0.25, -0.2) is 4.79 Å². The molecule has 0 bridgehead atoms. The standard InChI is InChI=1S/C13H13N3O5/c1-8-4-3-5-10(16(19)20)12(8)21-7-11-9(13(17)18)6-14-15(11)2/h3-6H,7H2,1-2H3,(H,17,18). The first-order chi connectivity index (χ1) is 9.91. The second-order valence-corrected chi connectivity index (χ2v) is 4.40. The molecule has 0 spiro atoms. The molecule has 1 aromatic carbocycles. The first kappa shape index (κ1) is 14.5. The van der Waals surface area contributed by atoms with Crippen molar-refractivity contribution in [3.8, 4) is 5.75 Å². The SMILES string of the molecule is Cc1cccc([N+](=O)[O-])c1OCc1c(C(=O)O)cnn1C. The zero-order valence-corrected chi connectivity index (χ0v) is 11.4. The molecule has 0 saturated carbocycles. The van der Waals surface area contributed by atoms with E-state index in [0.717, 1.165) is 0 Å². The van der Waals surface area contributed by atoms with E-state index in [9.17, 15) is 14.9 Å². The number of hydrogen-bond acceptors (Lipinski definition) is 5. The van der Waals surface area contributed by atoms with Gasteiger partial charge in [-0.2, -0.15) is 5.10 Å². The fraction of sp³-hybridized carbons (Fsp3) is 0.231. The van der Waals surface area contributed by atoms with E-state index in [4.69, 9.17) is 9.84 Å². The van der Waals surface area contributed by atoms with E-state index in [2.05, 4.69) is 5.10 Å². The summed E-state index contributed by atoms with van der Waals surface area (Å²) < 4.78 is 6.85. The van der Waals surface area contributed by atoms with Gasteiger partial charge in [-0.05, 0) is 12.5 Å². The smallest absolute Gasteiger partial charge is 0.339 e. The molecule has 8 heteroatoms. The summed E-state index contributed by atoms with van der Waals surface area (Å²) in [6, 6.07) is 4.58. The third-order valence-corrected chi connectivity index (χ3v) is 3.03. The topological polar surface area (TPSA) is 107 Å². The largest absolute Gasteiger partial charge is 0.480 e. The van der Waals surface area contributed by atoms with E-state index in [1.807, 2.05) is 0 Å². The molecule has 2 rings (SSSR count). The highest BCUT2D eigenvalue weighted by Gasteiger charge is 2.20. The molecule has 0 aliphatic carbocycles. The molecular formula is C13H13N3O5. The predicted octanol–water partition coefficient (Wildman–Crippen LogP) is 1.91. The molecule has 1 heterocycles. The van der Waals surface area contributed by atoms with Crippen LogP contribution in [0.3, 0.4) is 0 Å². The predicted molar refractivity (Wildman–Crippen MR) is 72.3 cm³/mol. The number of aryl methyl sites for hydroxylation is 2. The molecule has 0 aliphatic rings. The Bertz CT molecular complexity index is 708. The van der Waals surface area contributed by atoms with Crippen molar-refractivity contribution in [1.82, 2.24) is 9.78 Å². The fourth-order valence-corrected chi connectivity index (χ4v) is 1.92. The molecule has 0 fully saturated rings. The van der Waals surface area contributed by atoms with E-state index in [1.54, 1.807) is 26.1 Å². The van der Waals surface area contributed by atoms with Crippen LogP contribution in [0.2, 0.25) is 0 Å². The minimum Gasteiger partial charge on any atom is -0.480 e. The molecule has 1 aromatic heterocycles. The zero-order valence-electron chi connectivity index (χ0n) is 11.4. The van der Waals surface area contributed by atoms with Gasteiger partial charge in [0.25, 0.3) is 0 Å². The maximum absolute atomic E-state index is 11.1. The van der Waals surface area contributed by atoms with E-state index < -0.39 is 10.9 Å². The number of carboxylic acids is 1. The van der Waals surface area contributed by atoms with Crippen LogP contribution in [0.25, 0.3) is 0 Å². The molecular weight excluding hydrogens is 278 g/mol. The third kappa shape index (κ3) is 2.83. The molecule has 1 N–H and O–H groups in total. The van der Waals surface area contributed by atoms with Crippen LogP contribution < -0.4 is 4.74 Å². The van der Waals surface area contributed by atoms with Crippen LogP contribution >= 0.6 is 0 Å². The number of para-hydroxylation sites is 1. The van der Waals surface area contributed by atoms with Gasteiger partial charge >= 0.3 is 11.7 Å². The Morgan fingerprint density at radius 1 is 1.52 bits per heavy atom. The number of nitro groups is 1. The molecule has 110 valence electrons. The summed E-state index contributed by atoms with van der Waals surface area (Å²) in [4.78, 5) is 21.5. The van der Waals surface area contributed by atoms with E-state index in [-0.39, 0.29) is 23.6 Å². The Morgan fingerprint density at radius 3 is 2.86 bits per heavy atom. The lowest BCUT2D eigenvalue weighted by molar-refractivity contribution is -0.386. The first-order valence-corrected chi connectivity index (χ1v) is 6.02. The fourth-order valence-electron chi connectivity index (χ4n) is 1.92. The van der Waals surface area contributed by atoms with Gasteiger partial charge in [0.05, 0.1) is 16.8 Å². The number of carbonyl (C=O) groups is 1. The Hall–Kier alpha value is -2.90. The van der Waals surface area contributed by atoms with Crippen LogP contribution in [0, 0.1) is 17.0 Å². The van der Waals surface area contributed by atoms with Gasteiger partial charge in [0.2, 0.25) is 0 Å².